The van der Waals surface area contributed by atoms with Gasteiger partial charge in [-0.2, -0.15) is 0 Å². The van der Waals surface area contributed by atoms with Gasteiger partial charge in [0.25, 0.3) is 0 Å². The Bertz CT molecular complexity index is 232. The molecule has 0 spiro atoms. The second kappa shape index (κ2) is 17.2. The topological polar surface area (TPSA) is 0 Å². The predicted octanol–water partition coefficient (Wildman–Crippen LogP) is 6.99. The van der Waals surface area contributed by atoms with E-state index in [1.807, 2.05) is 0 Å². The van der Waals surface area contributed by atoms with Crippen LogP contribution in [-0.4, -0.2) is 0 Å². The van der Waals surface area contributed by atoms with E-state index in [0.717, 1.165) is 12.8 Å². The van der Waals surface area contributed by atoms with E-state index in [-0.39, 0.29) is 0 Å². The van der Waals surface area contributed by atoms with Gasteiger partial charge in [-0.1, -0.05) is 88.8 Å². The Labute approximate surface area is 121 Å². The summed E-state index contributed by atoms with van der Waals surface area (Å²) in [4.78, 5) is 0. The SMILES string of the molecule is CCCC=CCC=CCC=CCCCCCCCC. The van der Waals surface area contributed by atoms with Crippen molar-refractivity contribution in [2.45, 2.75) is 84.5 Å². The molecule has 110 valence electrons. The molecule has 0 bridgehead atoms. The normalized spacial score (nSPS) is 12.3. The average Bonchev–Trinajstić information content (AvgIpc) is 2.43. The van der Waals surface area contributed by atoms with Gasteiger partial charge in [0, 0.05) is 0 Å². The summed E-state index contributed by atoms with van der Waals surface area (Å²) >= 11 is 0. The second-order valence-corrected chi connectivity index (χ2v) is 5.23. The van der Waals surface area contributed by atoms with Crippen LogP contribution < -0.4 is 0 Å². The molecule has 0 unspecified atom stereocenters. The molecule has 0 aliphatic heterocycles. The zero-order valence-electron chi connectivity index (χ0n) is 13.2. The summed E-state index contributed by atoms with van der Waals surface area (Å²) < 4.78 is 0. The fourth-order valence-electron chi connectivity index (χ4n) is 1.99. The van der Waals surface area contributed by atoms with Crippen molar-refractivity contribution in [3.63, 3.8) is 0 Å². The highest BCUT2D eigenvalue weighted by molar-refractivity contribution is 4.97. The summed E-state index contributed by atoms with van der Waals surface area (Å²) in [6, 6.07) is 0. The minimum atomic E-state index is 1.09. The lowest BCUT2D eigenvalue weighted by Gasteiger charge is -1.97. The van der Waals surface area contributed by atoms with Crippen molar-refractivity contribution in [2.24, 2.45) is 0 Å². The third-order valence-corrected chi connectivity index (χ3v) is 3.22. The van der Waals surface area contributed by atoms with Gasteiger partial charge >= 0.3 is 0 Å². The Hall–Kier alpha value is -0.780. The van der Waals surface area contributed by atoms with Crippen molar-refractivity contribution >= 4 is 0 Å². The Kier molecular flexibility index (Phi) is 16.5. The number of unbranched alkanes of at least 4 members (excludes halogenated alkanes) is 7. The van der Waals surface area contributed by atoms with E-state index < -0.39 is 0 Å². The van der Waals surface area contributed by atoms with Crippen LogP contribution in [0.25, 0.3) is 0 Å². The first-order valence-corrected chi connectivity index (χ1v) is 8.36. The van der Waals surface area contributed by atoms with Crippen LogP contribution in [0, 0.1) is 0 Å². The molecule has 0 N–H and O–H groups in total. The highest BCUT2D eigenvalue weighted by Gasteiger charge is 1.87. The van der Waals surface area contributed by atoms with Crippen LogP contribution in [0.4, 0.5) is 0 Å². The van der Waals surface area contributed by atoms with Gasteiger partial charge in [0.05, 0.1) is 0 Å². The first kappa shape index (κ1) is 18.2. The third-order valence-electron chi connectivity index (χ3n) is 3.22. The van der Waals surface area contributed by atoms with Crippen molar-refractivity contribution < 1.29 is 0 Å². The molecule has 19 heavy (non-hydrogen) atoms. The summed E-state index contributed by atoms with van der Waals surface area (Å²) in [5.41, 5.74) is 0. The minimum Gasteiger partial charge on any atom is -0.0882 e. The molecule has 0 radical (unpaired) electrons. The minimum absolute atomic E-state index is 1.09. The lowest BCUT2D eigenvalue weighted by Crippen LogP contribution is -1.77. The van der Waals surface area contributed by atoms with Gasteiger partial charge < -0.3 is 0 Å². The van der Waals surface area contributed by atoms with Gasteiger partial charge in [-0.25, -0.2) is 0 Å². The molecule has 0 aromatic rings. The molecule has 0 aliphatic carbocycles. The van der Waals surface area contributed by atoms with E-state index in [9.17, 15) is 0 Å². The summed E-state index contributed by atoms with van der Waals surface area (Å²) in [5.74, 6) is 0. The van der Waals surface area contributed by atoms with Gasteiger partial charge in [0.15, 0.2) is 0 Å². The maximum absolute atomic E-state index is 2.34. The Balaban J connectivity index is 3.22. The predicted molar refractivity (Wildman–Crippen MR) is 89.6 cm³/mol. The van der Waals surface area contributed by atoms with Crippen molar-refractivity contribution in [3.05, 3.63) is 36.5 Å². The monoisotopic (exact) mass is 262 g/mol. The first-order valence-electron chi connectivity index (χ1n) is 8.36. The summed E-state index contributed by atoms with van der Waals surface area (Å²) in [6.07, 6.45) is 28.0. The van der Waals surface area contributed by atoms with Crippen molar-refractivity contribution in [2.75, 3.05) is 0 Å². The molecule has 0 aromatic carbocycles. The zero-order chi connectivity index (χ0) is 14.0. The molecule has 0 aromatic heterocycles. The van der Waals surface area contributed by atoms with Crippen LogP contribution in [0.15, 0.2) is 36.5 Å². The number of hydrogen-bond acceptors (Lipinski definition) is 0. The van der Waals surface area contributed by atoms with Gasteiger partial charge in [-0.3, -0.25) is 0 Å². The van der Waals surface area contributed by atoms with Crippen LogP contribution in [0.1, 0.15) is 84.5 Å². The molecule has 0 fully saturated rings. The van der Waals surface area contributed by atoms with Gasteiger partial charge in [0.1, 0.15) is 0 Å². The van der Waals surface area contributed by atoms with E-state index in [0.29, 0.717) is 0 Å². The van der Waals surface area contributed by atoms with Crippen LogP contribution in [-0.2, 0) is 0 Å². The molecule has 0 saturated heterocycles. The molecular weight excluding hydrogens is 228 g/mol. The van der Waals surface area contributed by atoms with E-state index in [4.69, 9.17) is 0 Å². The average molecular weight is 262 g/mol. The number of allylic oxidation sites excluding steroid dienone is 6. The first-order chi connectivity index (χ1) is 9.41. The number of rotatable bonds is 13. The van der Waals surface area contributed by atoms with E-state index in [2.05, 4.69) is 50.3 Å². The molecule has 0 heterocycles. The molecule has 0 aliphatic rings. The molecule has 0 atom stereocenters. The molecule has 0 nitrogen and oxygen atoms in total. The zero-order valence-corrected chi connectivity index (χ0v) is 13.2. The van der Waals surface area contributed by atoms with Gasteiger partial charge in [-0.15, -0.1) is 0 Å². The maximum atomic E-state index is 2.34. The Morgan fingerprint density at radius 2 is 1.00 bits per heavy atom. The molecular formula is C19H34. The van der Waals surface area contributed by atoms with Crippen LogP contribution in [0.5, 0.6) is 0 Å². The Morgan fingerprint density at radius 1 is 0.474 bits per heavy atom. The van der Waals surface area contributed by atoms with Gasteiger partial charge in [-0.05, 0) is 32.1 Å². The lowest BCUT2D eigenvalue weighted by molar-refractivity contribution is 0.611. The van der Waals surface area contributed by atoms with E-state index >= 15 is 0 Å². The molecule has 0 amide bonds. The highest BCUT2D eigenvalue weighted by Crippen LogP contribution is 2.07. The standard InChI is InChI=1S/C19H34/c1-3-5-7-9-11-13-15-17-19-18-16-14-12-10-8-6-4-2/h7,9,13,15,18-19H,3-6,8,10-12,14,16-17H2,1-2H3. The van der Waals surface area contributed by atoms with Crippen LogP contribution >= 0.6 is 0 Å². The van der Waals surface area contributed by atoms with Gasteiger partial charge in [0.2, 0.25) is 0 Å². The summed E-state index contributed by atoms with van der Waals surface area (Å²) in [6.45, 7) is 4.49. The van der Waals surface area contributed by atoms with Crippen molar-refractivity contribution in [1.82, 2.24) is 0 Å². The van der Waals surface area contributed by atoms with Crippen molar-refractivity contribution in [3.8, 4) is 0 Å². The van der Waals surface area contributed by atoms with E-state index in [1.54, 1.807) is 0 Å². The Morgan fingerprint density at radius 3 is 1.63 bits per heavy atom. The largest absolute Gasteiger partial charge is 0.0882 e. The fraction of sp³-hybridized carbons (Fsp3) is 0.684. The smallest absolute Gasteiger partial charge is 0.0169 e. The highest BCUT2D eigenvalue weighted by atomic mass is 13.9. The lowest BCUT2D eigenvalue weighted by atomic mass is 10.1. The molecule has 0 heteroatoms. The summed E-state index contributed by atoms with van der Waals surface area (Å²) in [7, 11) is 0. The van der Waals surface area contributed by atoms with E-state index in [1.165, 1.54) is 57.8 Å². The van der Waals surface area contributed by atoms with Crippen molar-refractivity contribution in [1.29, 1.82) is 0 Å². The maximum Gasteiger partial charge on any atom is -0.0169 e. The molecule has 0 saturated carbocycles. The molecule has 0 rings (SSSR count). The van der Waals surface area contributed by atoms with Crippen LogP contribution in [0.3, 0.4) is 0 Å². The third kappa shape index (κ3) is 17.2. The fourth-order valence-corrected chi connectivity index (χ4v) is 1.99. The van der Waals surface area contributed by atoms with Crippen LogP contribution in [0.2, 0.25) is 0 Å². The second-order valence-electron chi connectivity index (χ2n) is 5.23. The summed E-state index contributed by atoms with van der Waals surface area (Å²) in [5, 5.41) is 0. The number of hydrogen-bond donors (Lipinski definition) is 0. The quantitative estimate of drug-likeness (QED) is 0.248.